The van der Waals surface area contributed by atoms with Gasteiger partial charge in [-0.2, -0.15) is 0 Å². The first-order valence-electron chi connectivity index (χ1n) is 11.6. The molecule has 3 heterocycles. The van der Waals surface area contributed by atoms with Crippen LogP contribution in [0.25, 0.3) is 0 Å². The van der Waals surface area contributed by atoms with Gasteiger partial charge in [-0.3, -0.25) is 4.79 Å². The van der Waals surface area contributed by atoms with E-state index in [0.29, 0.717) is 39.1 Å². The molecule has 178 valence electrons. The molecule has 1 aromatic carbocycles. The topological polar surface area (TPSA) is 91.4 Å². The number of piperidine rings is 1. The first-order chi connectivity index (χ1) is 15.5. The third-order valence-corrected chi connectivity index (χ3v) is 8.43. The molecular formula is C22H34N4O5S. The van der Waals surface area contributed by atoms with Crippen molar-refractivity contribution in [3.8, 4) is 0 Å². The van der Waals surface area contributed by atoms with Crippen LogP contribution in [0.1, 0.15) is 19.8 Å². The summed E-state index contributed by atoms with van der Waals surface area (Å²) in [5.41, 5.74) is 2.94. The summed E-state index contributed by atoms with van der Waals surface area (Å²) in [5.74, 6) is -0.121. The predicted octanol–water partition coefficient (Wildman–Crippen LogP) is 1.36. The van der Waals surface area contributed by atoms with Crippen LogP contribution in [0.15, 0.2) is 18.2 Å². The number of hydrogen-bond acceptors (Lipinski definition) is 7. The van der Waals surface area contributed by atoms with Gasteiger partial charge in [0, 0.05) is 50.9 Å². The largest absolute Gasteiger partial charge is 0.378 e. The van der Waals surface area contributed by atoms with Crippen molar-refractivity contribution in [1.29, 1.82) is 0 Å². The Kier molecular flexibility index (Phi) is 7.55. The van der Waals surface area contributed by atoms with Crippen molar-refractivity contribution in [2.75, 3.05) is 86.6 Å². The molecule has 10 heteroatoms. The molecule has 3 aliphatic heterocycles. The molecule has 0 bridgehead atoms. The van der Waals surface area contributed by atoms with E-state index >= 15 is 0 Å². The number of benzene rings is 1. The predicted molar refractivity (Wildman–Crippen MR) is 125 cm³/mol. The molecule has 3 aliphatic rings. The number of hydrogen-bond donors (Lipinski definition) is 1. The van der Waals surface area contributed by atoms with Crippen LogP contribution >= 0.6 is 0 Å². The maximum atomic E-state index is 13.1. The van der Waals surface area contributed by atoms with Crippen molar-refractivity contribution >= 4 is 33.0 Å². The van der Waals surface area contributed by atoms with Crippen molar-refractivity contribution in [2.24, 2.45) is 5.92 Å². The number of carbonyl (C=O) groups excluding carboxylic acids is 1. The van der Waals surface area contributed by atoms with Gasteiger partial charge in [0.15, 0.2) is 0 Å². The third-order valence-electron chi connectivity index (χ3n) is 6.55. The molecule has 32 heavy (non-hydrogen) atoms. The van der Waals surface area contributed by atoms with Crippen LogP contribution in [0.2, 0.25) is 0 Å². The SMILES string of the molecule is CCS(=O)(=O)N1CCC(C(=O)Nc2ccc(N3CCOCC3)cc2N2CCOCC2)CC1. The van der Waals surface area contributed by atoms with Crippen molar-refractivity contribution in [3.05, 3.63) is 18.2 Å². The first kappa shape index (κ1) is 23.3. The standard InChI is InChI=1S/C22H34N4O5S/c1-2-32(28,29)26-7-5-18(6-8-26)22(27)23-20-4-3-19(24-9-13-30-14-10-24)17-21(20)25-11-15-31-16-12-25/h3-4,17-18H,2,5-16H2,1H3,(H,23,27). The second-order valence-corrected chi connectivity index (χ2v) is 10.7. The lowest BCUT2D eigenvalue weighted by Crippen LogP contribution is -2.42. The number of amides is 1. The number of morpholine rings is 2. The van der Waals surface area contributed by atoms with Crippen LogP contribution in [0.4, 0.5) is 17.1 Å². The van der Waals surface area contributed by atoms with E-state index in [1.54, 1.807) is 6.92 Å². The van der Waals surface area contributed by atoms with E-state index in [1.165, 1.54) is 4.31 Å². The molecule has 0 atom stereocenters. The highest BCUT2D eigenvalue weighted by molar-refractivity contribution is 7.89. The molecule has 0 saturated carbocycles. The Bertz CT molecular complexity index is 890. The van der Waals surface area contributed by atoms with Gasteiger partial charge in [-0.15, -0.1) is 0 Å². The van der Waals surface area contributed by atoms with Crippen molar-refractivity contribution in [1.82, 2.24) is 4.31 Å². The summed E-state index contributed by atoms with van der Waals surface area (Å²) in [7, 11) is -3.20. The van der Waals surface area contributed by atoms with Crippen LogP contribution in [0.3, 0.4) is 0 Å². The zero-order chi connectivity index (χ0) is 22.6. The number of anilines is 3. The Labute approximate surface area is 190 Å². The lowest BCUT2D eigenvalue weighted by Gasteiger charge is -2.34. The van der Waals surface area contributed by atoms with E-state index in [1.807, 2.05) is 6.07 Å². The first-order valence-corrected chi connectivity index (χ1v) is 13.2. The molecule has 4 rings (SSSR count). The average molecular weight is 467 g/mol. The Morgan fingerprint density at radius 3 is 2.16 bits per heavy atom. The van der Waals surface area contributed by atoms with Gasteiger partial charge in [0.25, 0.3) is 0 Å². The van der Waals surface area contributed by atoms with Crippen LogP contribution in [0.5, 0.6) is 0 Å². The monoisotopic (exact) mass is 466 g/mol. The fraction of sp³-hybridized carbons (Fsp3) is 0.682. The minimum atomic E-state index is -3.20. The average Bonchev–Trinajstić information content (AvgIpc) is 2.85. The molecule has 0 radical (unpaired) electrons. The van der Waals surface area contributed by atoms with Gasteiger partial charge >= 0.3 is 0 Å². The summed E-state index contributed by atoms with van der Waals surface area (Å²) < 4.78 is 36.7. The van der Waals surface area contributed by atoms with Crippen LogP contribution in [-0.2, 0) is 24.3 Å². The Morgan fingerprint density at radius 2 is 1.56 bits per heavy atom. The van der Waals surface area contributed by atoms with E-state index < -0.39 is 10.0 Å². The summed E-state index contributed by atoms with van der Waals surface area (Å²) in [4.78, 5) is 17.6. The van der Waals surface area contributed by atoms with Gasteiger partial charge in [0.05, 0.1) is 43.6 Å². The molecule has 9 nitrogen and oxygen atoms in total. The van der Waals surface area contributed by atoms with E-state index in [0.717, 1.165) is 56.5 Å². The zero-order valence-electron chi connectivity index (χ0n) is 18.8. The zero-order valence-corrected chi connectivity index (χ0v) is 19.6. The fourth-order valence-corrected chi connectivity index (χ4v) is 5.66. The molecule has 1 N–H and O–H groups in total. The third kappa shape index (κ3) is 5.36. The number of sulfonamides is 1. The fourth-order valence-electron chi connectivity index (χ4n) is 4.52. The Balaban J connectivity index is 1.47. The Morgan fingerprint density at radius 1 is 0.969 bits per heavy atom. The number of rotatable bonds is 6. The highest BCUT2D eigenvalue weighted by Gasteiger charge is 2.31. The van der Waals surface area contributed by atoms with Gasteiger partial charge in [-0.1, -0.05) is 0 Å². The minimum Gasteiger partial charge on any atom is -0.378 e. The summed E-state index contributed by atoms with van der Waals surface area (Å²) in [6.07, 6.45) is 1.09. The van der Waals surface area contributed by atoms with Crippen LogP contribution in [-0.4, -0.2) is 90.1 Å². The van der Waals surface area contributed by atoms with Crippen LogP contribution in [0, 0.1) is 5.92 Å². The van der Waals surface area contributed by atoms with E-state index in [9.17, 15) is 13.2 Å². The number of ether oxygens (including phenoxy) is 2. The van der Waals surface area contributed by atoms with E-state index in [4.69, 9.17) is 9.47 Å². The maximum Gasteiger partial charge on any atom is 0.227 e. The number of nitrogens with zero attached hydrogens (tertiary/aromatic N) is 3. The quantitative estimate of drug-likeness (QED) is 0.677. The highest BCUT2D eigenvalue weighted by Crippen LogP contribution is 2.33. The van der Waals surface area contributed by atoms with Gasteiger partial charge < -0.3 is 24.6 Å². The van der Waals surface area contributed by atoms with Gasteiger partial charge in [-0.05, 0) is 38.0 Å². The normalized spacial score (nSPS) is 21.5. The minimum absolute atomic E-state index is 0.0350. The van der Waals surface area contributed by atoms with Crippen LogP contribution < -0.4 is 15.1 Å². The molecule has 3 fully saturated rings. The van der Waals surface area contributed by atoms with Crippen molar-refractivity contribution < 1.29 is 22.7 Å². The number of nitrogens with one attached hydrogen (secondary N) is 1. The molecular weight excluding hydrogens is 432 g/mol. The van der Waals surface area contributed by atoms with Gasteiger partial charge in [0.2, 0.25) is 15.9 Å². The molecule has 1 amide bonds. The smallest absolute Gasteiger partial charge is 0.227 e. The van der Waals surface area contributed by atoms with E-state index in [-0.39, 0.29) is 17.6 Å². The summed E-state index contributed by atoms with van der Waals surface area (Å²) in [6, 6.07) is 6.20. The lowest BCUT2D eigenvalue weighted by molar-refractivity contribution is -0.120. The maximum absolute atomic E-state index is 13.1. The van der Waals surface area contributed by atoms with Gasteiger partial charge in [-0.25, -0.2) is 12.7 Å². The molecule has 0 aromatic heterocycles. The molecule has 0 unspecified atom stereocenters. The molecule has 1 aromatic rings. The van der Waals surface area contributed by atoms with Crippen molar-refractivity contribution in [3.63, 3.8) is 0 Å². The van der Waals surface area contributed by atoms with E-state index in [2.05, 4.69) is 27.2 Å². The lowest BCUT2D eigenvalue weighted by atomic mass is 9.97. The molecule has 0 spiro atoms. The molecule has 3 saturated heterocycles. The summed E-state index contributed by atoms with van der Waals surface area (Å²) in [5, 5.41) is 3.14. The summed E-state index contributed by atoms with van der Waals surface area (Å²) >= 11 is 0. The molecule has 0 aliphatic carbocycles. The second-order valence-electron chi connectivity index (χ2n) is 8.46. The van der Waals surface area contributed by atoms with Crippen molar-refractivity contribution in [2.45, 2.75) is 19.8 Å². The Hall–Kier alpha value is -1.88. The summed E-state index contributed by atoms with van der Waals surface area (Å²) in [6.45, 7) is 8.50. The number of carbonyl (C=O) groups is 1. The second kappa shape index (κ2) is 10.4. The van der Waals surface area contributed by atoms with Gasteiger partial charge in [0.1, 0.15) is 0 Å². The highest BCUT2D eigenvalue weighted by atomic mass is 32.2.